The number of nitrogen functional groups attached to an aromatic ring is 1. The van der Waals surface area contributed by atoms with Crippen LogP contribution in [0.1, 0.15) is 100 Å². The van der Waals surface area contributed by atoms with Crippen molar-refractivity contribution >= 4 is 98.7 Å². The lowest BCUT2D eigenvalue weighted by Gasteiger charge is -2.26. The van der Waals surface area contributed by atoms with Crippen molar-refractivity contribution in [3.8, 4) is 0 Å². The van der Waals surface area contributed by atoms with E-state index in [2.05, 4.69) is 70.1 Å². The fourth-order valence-corrected chi connectivity index (χ4v) is 8.47. The number of benzene rings is 3. The molecule has 0 atom stereocenters. The molecule has 8 aromatic rings. The number of aromatic nitrogens is 5. The zero-order chi connectivity index (χ0) is 70.0. The topological polar surface area (TPSA) is 363 Å². The summed E-state index contributed by atoms with van der Waals surface area (Å²) >= 11 is 10.5. The molecule has 3 aromatic carbocycles. The number of hydrogen-bond acceptors (Lipinski definition) is 22. The molecule has 5 aromatic heterocycles. The standard InChI is InChI=1S/C23H24F2N6O5.C12H19ClN4O2.C12H8F2N2O3.C7H3ClF2O.C6H8N2O3.CH4/c1-30-13-15(11-18(30)22(33)26-4-5-31-6-8-35-9-7-31)27-23(34)19-12-20(29-36-19)28-21(32)16-3-2-14(24)10-17(16)25;1-16-9-10(15-13)8-11(16)12(18)14-2-3-17-4-6-19-7-5-17;1-6(17)10-5-11(16-19-10)15-12(18)8-3-2-7(13)4-9(8)14;8-7(11)5-2-1-4(9)3-6(5)10;1-2-10-6(9)4-3-5(7)8-11-4;/h2-3,10-13H,4-9H2,1H3,(H,26,33)(H,27,34)(H,28,29,32);8-9,15H,2-7H2,1H3,(H,14,18);2-5H,1H3,(H,15,16,18);1-3H;3H,2H2,1H3,(H2,7,8);1H4/p-1. The maximum Gasteiger partial charge on any atom is 0.377 e. The Morgan fingerprint density at radius 2 is 1.08 bits per heavy atom. The van der Waals surface area contributed by atoms with Gasteiger partial charge in [0.25, 0.3) is 28.9 Å². The van der Waals surface area contributed by atoms with Crippen LogP contribution in [0, 0.1) is 34.9 Å². The number of ether oxygens (including phenoxy) is 3. The number of rotatable bonds is 19. The number of hydrogen-bond donors (Lipinski definition) is 6. The first kappa shape index (κ1) is 77.3. The minimum atomic E-state index is -1.04. The quantitative estimate of drug-likeness (QED) is 0.00858. The highest BCUT2D eigenvalue weighted by Gasteiger charge is 2.22. The molecule has 0 radical (unpaired) electrons. The van der Waals surface area contributed by atoms with E-state index in [4.69, 9.17) is 43.1 Å². The molecule has 0 unspecified atom stereocenters. The summed E-state index contributed by atoms with van der Waals surface area (Å²) < 4.78 is 110. The van der Waals surface area contributed by atoms with Gasteiger partial charge in [0.05, 0.1) is 73.3 Å². The van der Waals surface area contributed by atoms with Crippen LogP contribution in [-0.2, 0) is 28.3 Å². The van der Waals surface area contributed by atoms with E-state index < -0.39 is 69.4 Å². The van der Waals surface area contributed by atoms with Crippen LogP contribution < -0.4 is 36.9 Å². The van der Waals surface area contributed by atoms with E-state index in [1.165, 1.54) is 25.1 Å². The van der Waals surface area contributed by atoms with Gasteiger partial charge in [-0.2, -0.15) is 0 Å². The van der Waals surface area contributed by atoms with Crippen molar-refractivity contribution in [2.24, 2.45) is 19.1 Å². The lowest BCUT2D eigenvalue weighted by molar-refractivity contribution is -0.213. The van der Waals surface area contributed by atoms with Gasteiger partial charge < -0.3 is 69.0 Å². The molecule has 4 amide bonds. The first-order valence-corrected chi connectivity index (χ1v) is 29.2. The van der Waals surface area contributed by atoms with Crippen molar-refractivity contribution in [3.05, 3.63) is 178 Å². The van der Waals surface area contributed by atoms with E-state index >= 15 is 0 Å². The number of carbonyl (C=O) groups excluding carboxylic acids is 7. The van der Waals surface area contributed by atoms with Crippen molar-refractivity contribution in [1.82, 2.24) is 39.7 Å². The molecule has 36 heteroatoms. The van der Waals surface area contributed by atoms with Gasteiger partial charge in [-0.25, -0.2) is 31.1 Å². The maximum atomic E-state index is 13.8. The summed E-state index contributed by atoms with van der Waals surface area (Å²) in [6.45, 7) is 12.1. The molecule has 0 aliphatic carbocycles. The van der Waals surface area contributed by atoms with Gasteiger partial charge in [-0.1, -0.05) is 22.9 Å². The smallest absolute Gasteiger partial charge is 0.377 e. The van der Waals surface area contributed by atoms with Gasteiger partial charge in [-0.05, 0) is 67.1 Å². The minimum Gasteiger partial charge on any atom is -0.857 e. The molecule has 10 rings (SSSR count). The highest BCUT2D eigenvalue weighted by atomic mass is 35.5. The van der Waals surface area contributed by atoms with Gasteiger partial charge in [0.1, 0.15) is 40.6 Å². The minimum absolute atomic E-state index is 0. The maximum absolute atomic E-state index is 13.8. The second-order valence-electron chi connectivity index (χ2n) is 19.9. The number of morpholine rings is 2. The third-order valence-electron chi connectivity index (χ3n) is 13.0. The molecule has 7 heterocycles. The summed E-state index contributed by atoms with van der Waals surface area (Å²) in [5, 5.41) is 31.3. The normalized spacial score (nSPS) is 12.8. The number of aliphatic imine (C=N–C) groups is 1. The van der Waals surface area contributed by atoms with Crippen LogP contribution >= 0.6 is 23.4 Å². The average molecular weight is 1400 g/mol. The predicted molar refractivity (Wildman–Crippen MR) is 338 cm³/mol. The molecular weight excluding hydrogens is 1340 g/mol. The molecule has 28 nitrogen and oxygen atoms in total. The van der Waals surface area contributed by atoms with Crippen LogP contribution in [0.4, 0.5) is 55.2 Å². The lowest BCUT2D eigenvalue weighted by Crippen LogP contribution is -2.41. The second-order valence-corrected chi connectivity index (χ2v) is 20.5. The van der Waals surface area contributed by atoms with E-state index in [-0.39, 0.29) is 70.9 Å². The number of anilines is 5. The Morgan fingerprint density at radius 1 is 0.608 bits per heavy atom. The Kier molecular flexibility index (Phi) is 30.5. The zero-order valence-corrected chi connectivity index (χ0v) is 52.8. The number of halogens is 8. The first-order chi connectivity index (χ1) is 45.8. The molecular formula is C61H65Cl2F6N14O14-. The largest absolute Gasteiger partial charge is 0.857 e. The van der Waals surface area contributed by atoms with Gasteiger partial charge in [0.15, 0.2) is 23.2 Å². The van der Waals surface area contributed by atoms with Gasteiger partial charge >= 0.3 is 5.97 Å². The van der Waals surface area contributed by atoms with Crippen LogP contribution in [0.5, 0.6) is 0 Å². The Morgan fingerprint density at radius 3 is 1.55 bits per heavy atom. The third kappa shape index (κ3) is 24.4. The highest BCUT2D eigenvalue weighted by molar-refractivity contribution is 6.67. The molecule has 0 bridgehead atoms. The van der Waals surface area contributed by atoms with E-state index in [9.17, 15) is 65.0 Å². The molecule has 0 saturated carbocycles. The summed E-state index contributed by atoms with van der Waals surface area (Å²) in [6.07, 6.45) is 3.31. The van der Waals surface area contributed by atoms with Gasteiger partial charge in [0, 0.05) is 133 Å². The number of carbonyl (C=O) groups is 7. The summed E-state index contributed by atoms with van der Waals surface area (Å²) in [6, 6.07) is 14.5. The second kappa shape index (κ2) is 38.2. The van der Waals surface area contributed by atoms with Crippen LogP contribution in [-0.4, -0.2) is 166 Å². The molecule has 2 aliphatic rings. The van der Waals surface area contributed by atoms with Gasteiger partial charge in [-0.3, -0.25) is 48.4 Å². The molecule has 2 saturated heterocycles. The fraction of sp³-hybridized carbons (Fsp3) is 0.295. The van der Waals surface area contributed by atoms with E-state index in [1.807, 2.05) is 0 Å². The van der Waals surface area contributed by atoms with Gasteiger partial charge in [-0.15, -0.1) is 0 Å². The Labute approximate surface area is 559 Å². The van der Waals surface area contributed by atoms with Crippen LogP contribution in [0.25, 0.3) is 0 Å². The highest BCUT2D eigenvalue weighted by Crippen LogP contribution is 2.20. The predicted octanol–water partition coefficient (Wildman–Crippen LogP) is 7.71. The Balaban J connectivity index is 0.000000237. The number of ketones is 1. The molecule has 7 N–H and O–H groups in total. The Hall–Kier alpha value is -10.4. The van der Waals surface area contributed by atoms with Crippen LogP contribution in [0.3, 0.4) is 0 Å². The average Bonchev–Trinajstić information content (AvgIpc) is 1.82. The van der Waals surface area contributed by atoms with E-state index in [1.54, 1.807) is 48.6 Å². The monoisotopic (exact) mass is 1400 g/mol. The third-order valence-corrected chi connectivity index (χ3v) is 13.4. The van der Waals surface area contributed by atoms with Crippen LogP contribution in [0.2, 0.25) is 0 Å². The number of nitrogens with zero attached hydrogens (tertiary/aromatic N) is 8. The van der Waals surface area contributed by atoms with Crippen LogP contribution in [0.15, 0.2) is 116 Å². The first-order valence-electron chi connectivity index (χ1n) is 28.4. The summed E-state index contributed by atoms with van der Waals surface area (Å²) in [7, 11) is 3.46. The van der Waals surface area contributed by atoms with E-state index in [0.717, 1.165) is 88.4 Å². The molecule has 2 aliphatic heterocycles. The van der Waals surface area contributed by atoms with Crippen molar-refractivity contribution in [2.75, 3.05) is 112 Å². The zero-order valence-electron chi connectivity index (χ0n) is 51.3. The number of aryl methyl sites for hydroxylation is 2. The summed E-state index contributed by atoms with van der Waals surface area (Å²) in [5.41, 5.74) is 6.06. The van der Waals surface area contributed by atoms with E-state index in [0.29, 0.717) is 80.4 Å². The molecule has 520 valence electrons. The fourth-order valence-electron chi connectivity index (χ4n) is 8.21. The SMILES string of the molecule is C.CC(=O)c1cc(NC(=O)c2ccc(F)cc2F)no1.CCOC(=O)c1cc(N)no1.Cn1cc(NC(=O)c2cc(NC(=O)c3ccc(F)cc3F)no2)cc1C(=O)NCCN1CCOCC1.Cn1cc(NCl)cc1C([O-])=NCCN1CCOCC1.O=C(Cl)c1ccc(F)cc1F. The van der Waals surface area contributed by atoms with Crippen molar-refractivity contribution in [2.45, 2.75) is 21.3 Å². The molecule has 2 fully saturated rings. The van der Waals surface area contributed by atoms with Crippen molar-refractivity contribution < 1.29 is 92.8 Å². The number of esters is 1. The Bertz CT molecular complexity index is 4020. The number of nitrogens with one attached hydrogen (secondary N) is 5. The molecule has 0 spiro atoms. The van der Waals surface area contributed by atoms with Gasteiger partial charge in [0.2, 0.25) is 17.3 Å². The number of Topliss-reactive ketones (excluding diaryl/α,β-unsaturated/α-hetero) is 1. The molecule has 97 heavy (non-hydrogen) atoms. The summed E-state index contributed by atoms with van der Waals surface area (Å²) in [4.78, 5) is 92.1. The lowest BCUT2D eigenvalue weighted by atomic mass is 10.2. The number of nitrogens with two attached hydrogens (primary N) is 1. The van der Waals surface area contributed by atoms with Crippen molar-refractivity contribution in [3.63, 3.8) is 0 Å². The number of amides is 4. The van der Waals surface area contributed by atoms with Crippen molar-refractivity contribution in [1.29, 1.82) is 0 Å². The summed E-state index contributed by atoms with van der Waals surface area (Å²) in [5.74, 6) is -9.33.